The first-order valence-electron chi connectivity index (χ1n) is 12.7. The maximum atomic E-state index is 13.5. The topological polar surface area (TPSA) is 85.4 Å². The fraction of sp³-hybridized carbons (Fsp3) is 0.188. The SMILES string of the molecule is COC(=O)[C@H](Cc1ccc(-c2ccccn2)cc1)NC(=O)[C@@H](CSC(=O)c1ccccc1)Cc1ccccc1. The summed E-state index contributed by atoms with van der Waals surface area (Å²) in [6.07, 6.45) is 2.45. The molecule has 39 heavy (non-hydrogen) atoms. The Balaban J connectivity index is 1.47. The number of ether oxygens (including phenoxy) is 1. The summed E-state index contributed by atoms with van der Waals surface area (Å²) in [5.74, 6) is -1.07. The molecule has 1 heterocycles. The van der Waals surface area contributed by atoms with Crippen LogP contribution in [0, 0.1) is 5.92 Å². The zero-order valence-electron chi connectivity index (χ0n) is 21.7. The predicted octanol–water partition coefficient (Wildman–Crippen LogP) is 5.38. The number of nitrogens with zero attached hydrogens (tertiary/aromatic N) is 1. The molecule has 0 aliphatic rings. The van der Waals surface area contributed by atoms with Gasteiger partial charge in [0.05, 0.1) is 18.7 Å². The summed E-state index contributed by atoms with van der Waals surface area (Å²) in [5.41, 5.74) is 4.25. The van der Waals surface area contributed by atoms with E-state index in [-0.39, 0.29) is 23.2 Å². The molecular weight excluding hydrogens is 508 g/mol. The van der Waals surface area contributed by atoms with Gasteiger partial charge in [-0.2, -0.15) is 0 Å². The number of carbonyl (C=O) groups excluding carboxylic acids is 3. The van der Waals surface area contributed by atoms with Crippen molar-refractivity contribution in [2.75, 3.05) is 12.9 Å². The number of carbonyl (C=O) groups is 3. The minimum Gasteiger partial charge on any atom is -0.467 e. The van der Waals surface area contributed by atoms with Crippen LogP contribution in [0.25, 0.3) is 11.3 Å². The van der Waals surface area contributed by atoms with E-state index in [4.69, 9.17) is 4.74 Å². The summed E-state index contributed by atoms with van der Waals surface area (Å²) in [4.78, 5) is 43.3. The minimum absolute atomic E-state index is 0.0982. The Morgan fingerprint density at radius 2 is 1.44 bits per heavy atom. The number of nitrogens with one attached hydrogen (secondary N) is 1. The molecule has 1 N–H and O–H groups in total. The molecule has 7 heteroatoms. The molecule has 4 aromatic rings. The van der Waals surface area contributed by atoms with E-state index in [0.717, 1.165) is 34.1 Å². The zero-order valence-corrected chi connectivity index (χ0v) is 22.5. The second-order valence-corrected chi connectivity index (χ2v) is 10.0. The molecule has 3 aromatic carbocycles. The minimum atomic E-state index is -0.865. The van der Waals surface area contributed by atoms with Crippen LogP contribution in [-0.4, -0.2) is 40.9 Å². The highest BCUT2D eigenvalue weighted by atomic mass is 32.2. The van der Waals surface area contributed by atoms with Gasteiger partial charge in [0.1, 0.15) is 6.04 Å². The summed E-state index contributed by atoms with van der Waals surface area (Å²) in [5, 5.41) is 2.80. The predicted molar refractivity (Wildman–Crippen MR) is 154 cm³/mol. The Morgan fingerprint density at radius 3 is 2.08 bits per heavy atom. The molecule has 0 saturated heterocycles. The van der Waals surface area contributed by atoms with Gasteiger partial charge in [-0.15, -0.1) is 0 Å². The number of esters is 1. The lowest BCUT2D eigenvalue weighted by molar-refractivity contribution is -0.145. The van der Waals surface area contributed by atoms with Crippen molar-refractivity contribution in [2.45, 2.75) is 18.9 Å². The number of hydrogen-bond acceptors (Lipinski definition) is 6. The number of rotatable bonds is 11. The smallest absolute Gasteiger partial charge is 0.328 e. The molecule has 0 spiro atoms. The first kappa shape index (κ1) is 27.8. The lowest BCUT2D eigenvalue weighted by Crippen LogP contribution is -2.46. The van der Waals surface area contributed by atoms with E-state index in [1.165, 1.54) is 7.11 Å². The average molecular weight is 539 g/mol. The lowest BCUT2D eigenvalue weighted by atomic mass is 9.98. The van der Waals surface area contributed by atoms with Crippen molar-refractivity contribution >= 4 is 28.8 Å². The highest BCUT2D eigenvalue weighted by Gasteiger charge is 2.27. The molecular formula is C32H30N2O4S. The molecule has 6 nitrogen and oxygen atoms in total. The molecule has 198 valence electrons. The van der Waals surface area contributed by atoms with Gasteiger partial charge in [0.15, 0.2) is 0 Å². The summed E-state index contributed by atoms with van der Waals surface area (Å²) < 4.78 is 5.01. The number of methoxy groups -OCH3 is 1. The van der Waals surface area contributed by atoms with Gasteiger partial charge in [-0.1, -0.05) is 103 Å². The third kappa shape index (κ3) is 8.12. The van der Waals surface area contributed by atoms with Crippen molar-refractivity contribution in [1.82, 2.24) is 10.3 Å². The van der Waals surface area contributed by atoms with Crippen molar-refractivity contribution in [3.63, 3.8) is 0 Å². The molecule has 0 unspecified atom stereocenters. The van der Waals surface area contributed by atoms with Crippen molar-refractivity contribution < 1.29 is 19.1 Å². The van der Waals surface area contributed by atoms with E-state index in [2.05, 4.69) is 10.3 Å². The average Bonchev–Trinajstić information content (AvgIpc) is 3.00. The Kier molecular flexibility index (Phi) is 10.0. The van der Waals surface area contributed by atoms with Crippen molar-refractivity contribution in [1.29, 1.82) is 0 Å². The van der Waals surface area contributed by atoms with E-state index in [0.29, 0.717) is 12.0 Å². The van der Waals surface area contributed by atoms with Crippen LogP contribution in [0.1, 0.15) is 21.5 Å². The van der Waals surface area contributed by atoms with Crippen molar-refractivity contribution in [3.8, 4) is 11.3 Å². The first-order valence-corrected chi connectivity index (χ1v) is 13.7. The fourth-order valence-electron chi connectivity index (χ4n) is 4.17. The van der Waals surface area contributed by atoms with Crippen molar-refractivity contribution in [2.24, 2.45) is 5.92 Å². The van der Waals surface area contributed by atoms with Gasteiger partial charge in [0, 0.05) is 29.5 Å². The lowest BCUT2D eigenvalue weighted by Gasteiger charge is -2.21. The maximum Gasteiger partial charge on any atom is 0.328 e. The third-order valence-electron chi connectivity index (χ3n) is 6.28. The van der Waals surface area contributed by atoms with Crippen LogP contribution in [0.3, 0.4) is 0 Å². The van der Waals surface area contributed by atoms with E-state index < -0.39 is 17.9 Å². The van der Waals surface area contributed by atoms with Crippen molar-refractivity contribution in [3.05, 3.63) is 126 Å². The van der Waals surface area contributed by atoms with Crippen LogP contribution in [0.2, 0.25) is 0 Å². The molecule has 1 amide bonds. The second-order valence-electron chi connectivity index (χ2n) is 9.05. The summed E-state index contributed by atoms with van der Waals surface area (Å²) in [6, 6.07) is 31.2. The van der Waals surface area contributed by atoms with Gasteiger partial charge in [0.25, 0.3) is 0 Å². The second kappa shape index (κ2) is 14.1. The third-order valence-corrected chi connectivity index (χ3v) is 7.34. The molecule has 0 bridgehead atoms. The van der Waals surface area contributed by atoms with Crippen LogP contribution in [-0.2, 0) is 27.2 Å². The fourth-order valence-corrected chi connectivity index (χ4v) is 5.09. The Bertz CT molecular complexity index is 1360. The Hall–Kier alpha value is -4.23. The molecule has 0 radical (unpaired) electrons. The number of hydrogen-bond donors (Lipinski definition) is 1. The molecule has 1 aromatic heterocycles. The van der Waals surface area contributed by atoms with Gasteiger partial charge < -0.3 is 10.1 Å². The monoisotopic (exact) mass is 538 g/mol. The molecule has 0 saturated carbocycles. The van der Waals surface area contributed by atoms with Gasteiger partial charge >= 0.3 is 5.97 Å². The first-order chi connectivity index (χ1) is 19.0. The summed E-state index contributed by atoms with van der Waals surface area (Å²) >= 11 is 1.11. The largest absolute Gasteiger partial charge is 0.467 e. The van der Waals surface area contributed by atoms with Crippen LogP contribution < -0.4 is 5.32 Å². The summed E-state index contributed by atoms with van der Waals surface area (Å²) in [7, 11) is 1.31. The number of benzene rings is 3. The van der Waals surface area contributed by atoms with Gasteiger partial charge in [-0.3, -0.25) is 14.6 Å². The normalized spacial score (nSPS) is 12.2. The number of pyridine rings is 1. The zero-order chi connectivity index (χ0) is 27.5. The van der Waals surface area contributed by atoms with Crippen LogP contribution in [0.4, 0.5) is 0 Å². The van der Waals surface area contributed by atoms with Gasteiger partial charge in [0.2, 0.25) is 11.0 Å². The van der Waals surface area contributed by atoms with E-state index >= 15 is 0 Å². The molecule has 0 fully saturated rings. The molecule has 2 atom stereocenters. The van der Waals surface area contributed by atoms with Crippen LogP contribution in [0.5, 0.6) is 0 Å². The molecule has 4 rings (SSSR count). The standard InChI is InChI=1S/C32H30N2O4S/c1-38-31(36)29(21-24-15-17-25(18-16-24)28-14-8-9-19-33-28)34-30(35)27(20-23-10-4-2-5-11-23)22-39-32(37)26-12-6-3-7-13-26/h2-19,27,29H,20-22H2,1H3,(H,34,35)/t27-,29+/m1/s1. The van der Waals surface area contributed by atoms with Gasteiger partial charge in [-0.25, -0.2) is 4.79 Å². The van der Waals surface area contributed by atoms with Crippen LogP contribution >= 0.6 is 11.8 Å². The van der Waals surface area contributed by atoms with E-state index in [1.807, 2.05) is 91.0 Å². The highest BCUT2D eigenvalue weighted by Crippen LogP contribution is 2.21. The molecule has 0 aliphatic heterocycles. The number of aromatic nitrogens is 1. The van der Waals surface area contributed by atoms with Gasteiger partial charge in [-0.05, 0) is 29.7 Å². The number of amides is 1. The Labute approximate surface area is 232 Å². The summed E-state index contributed by atoms with van der Waals surface area (Å²) in [6.45, 7) is 0. The van der Waals surface area contributed by atoms with E-state index in [1.54, 1.807) is 18.3 Å². The Morgan fingerprint density at radius 1 is 0.795 bits per heavy atom. The highest BCUT2D eigenvalue weighted by molar-refractivity contribution is 8.14. The van der Waals surface area contributed by atoms with E-state index in [9.17, 15) is 14.4 Å². The molecule has 0 aliphatic carbocycles. The quantitative estimate of drug-likeness (QED) is 0.258. The maximum absolute atomic E-state index is 13.5. The number of thioether (sulfide) groups is 1. The van der Waals surface area contributed by atoms with Crippen LogP contribution in [0.15, 0.2) is 109 Å².